The average molecular weight is 264 g/mol. The summed E-state index contributed by atoms with van der Waals surface area (Å²) in [5.41, 5.74) is 0.497. The molecule has 0 aliphatic rings. The Balaban J connectivity index is 1.97. The lowest BCUT2D eigenvalue weighted by molar-refractivity contribution is 0.0937. The number of carbonyl (C=O) groups is 1. The second-order valence-corrected chi connectivity index (χ2v) is 4.52. The molecule has 1 aromatic carbocycles. The summed E-state index contributed by atoms with van der Waals surface area (Å²) in [5, 5.41) is 3.37. The van der Waals surface area contributed by atoms with Crippen LogP contribution in [0.3, 0.4) is 0 Å². The molecule has 0 bridgehead atoms. The molecular weight excluding hydrogens is 250 g/mol. The van der Waals surface area contributed by atoms with Gasteiger partial charge in [-0.25, -0.2) is 4.98 Å². The summed E-state index contributed by atoms with van der Waals surface area (Å²) in [5.74, 6) is -0.159. The molecule has 0 unspecified atom stereocenters. The van der Waals surface area contributed by atoms with Crippen LogP contribution in [0.5, 0.6) is 0 Å². The number of amides is 1. The summed E-state index contributed by atoms with van der Waals surface area (Å²) in [7, 11) is 0. The molecule has 1 amide bonds. The van der Waals surface area contributed by atoms with Gasteiger partial charge in [0, 0.05) is 25.0 Å². The van der Waals surface area contributed by atoms with Gasteiger partial charge in [-0.1, -0.05) is 23.7 Å². The first-order valence-electron chi connectivity index (χ1n) is 5.68. The minimum Gasteiger partial charge on any atom is -0.348 e. The predicted octanol–water partition coefficient (Wildman–Crippen LogP) is 2.36. The van der Waals surface area contributed by atoms with Crippen LogP contribution in [0, 0.1) is 0 Å². The first-order valence-corrected chi connectivity index (χ1v) is 6.06. The van der Waals surface area contributed by atoms with E-state index in [1.165, 1.54) is 0 Å². The van der Waals surface area contributed by atoms with E-state index in [4.69, 9.17) is 11.6 Å². The van der Waals surface area contributed by atoms with Gasteiger partial charge in [-0.05, 0) is 19.1 Å². The Morgan fingerprint density at radius 3 is 2.94 bits per heavy atom. The lowest BCUT2D eigenvalue weighted by Crippen LogP contribution is -2.35. The van der Waals surface area contributed by atoms with Gasteiger partial charge in [0.1, 0.15) is 0 Å². The van der Waals surface area contributed by atoms with Gasteiger partial charge in [0.2, 0.25) is 0 Å². The third kappa shape index (κ3) is 3.11. The van der Waals surface area contributed by atoms with Gasteiger partial charge in [0.05, 0.1) is 16.9 Å². The van der Waals surface area contributed by atoms with Crippen LogP contribution in [-0.2, 0) is 6.54 Å². The van der Waals surface area contributed by atoms with Gasteiger partial charge in [-0.15, -0.1) is 0 Å². The van der Waals surface area contributed by atoms with Crippen LogP contribution in [0.25, 0.3) is 0 Å². The van der Waals surface area contributed by atoms with Crippen molar-refractivity contribution in [3.8, 4) is 0 Å². The molecule has 1 aromatic heterocycles. The summed E-state index contributed by atoms with van der Waals surface area (Å²) < 4.78 is 1.91. The third-order valence-electron chi connectivity index (χ3n) is 2.54. The Morgan fingerprint density at radius 1 is 1.50 bits per heavy atom. The van der Waals surface area contributed by atoms with E-state index in [2.05, 4.69) is 10.3 Å². The molecule has 18 heavy (non-hydrogen) atoms. The van der Waals surface area contributed by atoms with Crippen molar-refractivity contribution in [1.82, 2.24) is 14.9 Å². The minimum absolute atomic E-state index is 0.00275. The highest BCUT2D eigenvalue weighted by Gasteiger charge is 2.12. The van der Waals surface area contributed by atoms with Crippen LogP contribution in [0.2, 0.25) is 5.02 Å². The Labute approximate surface area is 111 Å². The molecule has 94 valence electrons. The van der Waals surface area contributed by atoms with Crippen molar-refractivity contribution in [1.29, 1.82) is 0 Å². The maximum Gasteiger partial charge on any atom is 0.253 e. The first kappa shape index (κ1) is 12.6. The first-order chi connectivity index (χ1) is 8.66. The van der Waals surface area contributed by atoms with Crippen molar-refractivity contribution in [3.63, 3.8) is 0 Å². The lowest BCUT2D eigenvalue weighted by atomic mass is 10.2. The Hall–Kier alpha value is -1.81. The number of benzene rings is 1. The molecular formula is C13H14ClN3O. The van der Waals surface area contributed by atoms with Crippen molar-refractivity contribution in [3.05, 3.63) is 53.6 Å². The topological polar surface area (TPSA) is 46.9 Å². The van der Waals surface area contributed by atoms with E-state index in [1.807, 2.05) is 17.7 Å². The van der Waals surface area contributed by atoms with Crippen LogP contribution in [-0.4, -0.2) is 21.5 Å². The Kier molecular flexibility index (Phi) is 3.99. The van der Waals surface area contributed by atoms with Crippen LogP contribution < -0.4 is 5.32 Å². The normalized spacial score (nSPS) is 12.1. The zero-order chi connectivity index (χ0) is 13.0. The van der Waals surface area contributed by atoms with E-state index in [1.54, 1.807) is 36.8 Å². The molecule has 0 saturated heterocycles. The SMILES string of the molecule is C[C@@H](Cn1ccnc1)NC(=O)c1ccccc1Cl. The molecule has 0 radical (unpaired) electrons. The van der Waals surface area contributed by atoms with Gasteiger partial charge in [0.15, 0.2) is 0 Å². The van der Waals surface area contributed by atoms with Gasteiger partial charge in [-0.2, -0.15) is 0 Å². The number of aromatic nitrogens is 2. The highest BCUT2D eigenvalue weighted by atomic mass is 35.5. The minimum atomic E-state index is -0.159. The Bertz CT molecular complexity index is 525. The molecule has 1 atom stereocenters. The molecule has 0 fully saturated rings. The summed E-state index contributed by atoms with van der Waals surface area (Å²) in [6.07, 6.45) is 5.29. The molecule has 1 heterocycles. The molecule has 0 spiro atoms. The molecule has 2 rings (SSSR count). The number of imidazole rings is 1. The monoisotopic (exact) mass is 263 g/mol. The highest BCUT2D eigenvalue weighted by molar-refractivity contribution is 6.33. The van der Waals surface area contributed by atoms with Crippen molar-refractivity contribution in [2.45, 2.75) is 19.5 Å². The number of hydrogen-bond donors (Lipinski definition) is 1. The summed E-state index contributed by atoms with van der Waals surface area (Å²) in [4.78, 5) is 15.9. The largest absolute Gasteiger partial charge is 0.348 e. The number of halogens is 1. The number of nitrogens with one attached hydrogen (secondary N) is 1. The van der Waals surface area contributed by atoms with Gasteiger partial charge in [-0.3, -0.25) is 4.79 Å². The molecule has 1 N–H and O–H groups in total. The number of nitrogens with zero attached hydrogens (tertiary/aromatic N) is 2. The van der Waals surface area contributed by atoms with Gasteiger partial charge in [0.25, 0.3) is 5.91 Å². The van der Waals surface area contributed by atoms with E-state index in [0.717, 1.165) is 0 Å². The standard InChI is InChI=1S/C13H14ClN3O/c1-10(8-17-7-6-15-9-17)16-13(18)11-4-2-3-5-12(11)14/h2-7,9-10H,8H2,1H3,(H,16,18)/t10-/m0/s1. The number of rotatable bonds is 4. The molecule has 5 heteroatoms. The predicted molar refractivity (Wildman–Crippen MR) is 70.6 cm³/mol. The fraction of sp³-hybridized carbons (Fsp3) is 0.231. The maximum absolute atomic E-state index is 12.0. The van der Waals surface area contributed by atoms with E-state index in [-0.39, 0.29) is 11.9 Å². The van der Waals surface area contributed by atoms with E-state index < -0.39 is 0 Å². The fourth-order valence-corrected chi connectivity index (χ4v) is 1.93. The molecule has 4 nitrogen and oxygen atoms in total. The van der Waals surface area contributed by atoms with Crippen LogP contribution >= 0.6 is 11.6 Å². The quantitative estimate of drug-likeness (QED) is 0.921. The lowest BCUT2D eigenvalue weighted by Gasteiger charge is -2.14. The zero-order valence-corrected chi connectivity index (χ0v) is 10.8. The highest BCUT2D eigenvalue weighted by Crippen LogP contribution is 2.14. The van der Waals surface area contributed by atoms with Crippen LogP contribution in [0.4, 0.5) is 0 Å². The summed E-state index contributed by atoms with van der Waals surface area (Å²) >= 11 is 5.97. The number of hydrogen-bond acceptors (Lipinski definition) is 2. The van der Waals surface area contributed by atoms with E-state index in [9.17, 15) is 4.79 Å². The Morgan fingerprint density at radius 2 is 2.28 bits per heavy atom. The molecule has 2 aromatic rings. The van der Waals surface area contributed by atoms with Gasteiger partial charge < -0.3 is 9.88 Å². The molecule has 0 saturated carbocycles. The van der Waals surface area contributed by atoms with E-state index in [0.29, 0.717) is 17.1 Å². The van der Waals surface area contributed by atoms with Crippen molar-refractivity contribution < 1.29 is 4.79 Å². The van der Waals surface area contributed by atoms with Crippen LogP contribution in [0.15, 0.2) is 43.0 Å². The smallest absolute Gasteiger partial charge is 0.253 e. The second kappa shape index (κ2) is 5.69. The third-order valence-corrected chi connectivity index (χ3v) is 2.87. The number of carbonyl (C=O) groups excluding carboxylic acids is 1. The summed E-state index contributed by atoms with van der Waals surface area (Å²) in [6.45, 7) is 2.62. The maximum atomic E-state index is 12.0. The van der Waals surface area contributed by atoms with Crippen molar-refractivity contribution in [2.24, 2.45) is 0 Å². The van der Waals surface area contributed by atoms with E-state index >= 15 is 0 Å². The van der Waals surface area contributed by atoms with Crippen molar-refractivity contribution in [2.75, 3.05) is 0 Å². The van der Waals surface area contributed by atoms with Crippen LogP contribution in [0.1, 0.15) is 17.3 Å². The van der Waals surface area contributed by atoms with Gasteiger partial charge >= 0.3 is 0 Å². The zero-order valence-electron chi connectivity index (χ0n) is 10.0. The molecule has 0 aliphatic carbocycles. The average Bonchev–Trinajstić information content (AvgIpc) is 2.82. The molecule has 0 aliphatic heterocycles. The van der Waals surface area contributed by atoms with Crippen molar-refractivity contribution >= 4 is 17.5 Å². The summed E-state index contributed by atoms with van der Waals surface area (Å²) in [6, 6.07) is 7.01. The fourth-order valence-electron chi connectivity index (χ4n) is 1.70. The second-order valence-electron chi connectivity index (χ2n) is 4.11.